The second kappa shape index (κ2) is 7.84. The SMILES string of the molecule is CNC(CCN1CC(OC)C(OC)C1)c1ccc(F)cc1. The molecule has 1 N–H and O–H groups in total. The van der Waals surface area contributed by atoms with Gasteiger partial charge in [-0.25, -0.2) is 4.39 Å². The number of nitrogens with zero attached hydrogens (tertiary/aromatic N) is 1. The van der Waals surface area contributed by atoms with Crippen LogP contribution in [0.2, 0.25) is 0 Å². The summed E-state index contributed by atoms with van der Waals surface area (Å²) in [5.74, 6) is -0.195. The minimum absolute atomic E-state index is 0.147. The lowest BCUT2D eigenvalue weighted by Gasteiger charge is -2.21. The fourth-order valence-corrected chi connectivity index (χ4v) is 2.94. The lowest BCUT2D eigenvalue weighted by molar-refractivity contribution is -0.00461. The van der Waals surface area contributed by atoms with Crippen LogP contribution in [-0.2, 0) is 9.47 Å². The van der Waals surface area contributed by atoms with Gasteiger partial charge in [-0.2, -0.15) is 0 Å². The van der Waals surface area contributed by atoms with E-state index in [2.05, 4.69) is 10.2 Å². The van der Waals surface area contributed by atoms with Crippen molar-refractivity contribution in [2.75, 3.05) is 40.9 Å². The molecule has 1 aromatic carbocycles. The van der Waals surface area contributed by atoms with Crippen LogP contribution in [-0.4, -0.2) is 58.0 Å². The molecule has 0 spiro atoms. The number of ether oxygens (including phenoxy) is 2. The van der Waals surface area contributed by atoms with Crippen LogP contribution in [0.4, 0.5) is 4.39 Å². The maximum atomic E-state index is 13.0. The van der Waals surface area contributed by atoms with Crippen LogP contribution >= 0.6 is 0 Å². The Balaban J connectivity index is 1.87. The molecule has 0 aliphatic carbocycles. The van der Waals surface area contributed by atoms with Crippen LogP contribution in [0.15, 0.2) is 24.3 Å². The zero-order valence-corrected chi connectivity index (χ0v) is 13.0. The predicted octanol–water partition coefficient (Wildman–Crippen LogP) is 1.82. The molecule has 2 rings (SSSR count). The fraction of sp³-hybridized carbons (Fsp3) is 0.625. The molecule has 1 saturated heterocycles. The highest BCUT2D eigenvalue weighted by Gasteiger charge is 2.32. The monoisotopic (exact) mass is 296 g/mol. The number of halogens is 1. The molecule has 21 heavy (non-hydrogen) atoms. The summed E-state index contributed by atoms with van der Waals surface area (Å²) in [6.07, 6.45) is 1.26. The van der Waals surface area contributed by atoms with Crippen molar-refractivity contribution in [1.82, 2.24) is 10.2 Å². The van der Waals surface area contributed by atoms with E-state index in [0.717, 1.165) is 31.6 Å². The second-order valence-corrected chi connectivity index (χ2v) is 5.49. The molecule has 0 amide bonds. The van der Waals surface area contributed by atoms with E-state index in [9.17, 15) is 4.39 Å². The maximum Gasteiger partial charge on any atom is 0.123 e. The average molecular weight is 296 g/mol. The van der Waals surface area contributed by atoms with Crippen LogP contribution < -0.4 is 5.32 Å². The van der Waals surface area contributed by atoms with Crippen LogP contribution in [0.5, 0.6) is 0 Å². The Morgan fingerprint density at radius 2 is 1.76 bits per heavy atom. The van der Waals surface area contributed by atoms with E-state index in [1.165, 1.54) is 12.1 Å². The molecule has 118 valence electrons. The van der Waals surface area contributed by atoms with Crippen LogP contribution in [0.25, 0.3) is 0 Å². The summed E-state index contributed by atoms with van der Waals surface area (Å²) in [6, 6.07) is 6.94. The van der Waals surface area contributed by atoms with Gasteiger partial charge in [-0.05, 0) is 31.2 Å². The minimum atomic E-state index is -0.195. The Bertz CT molecular complexity index is 415. The van der Waals surface area contributed by atoms with Crippen molar-refractivity contribution in [2.45, 2.75) is 24.7 Å². The summed E-state index contributed by atoms with van der Waals surface area (Å²) < 4.78 is 23.9. The average Bonchev–Trinajstić information content (AvgIpc) is 2.92. The van der Waals surface area contributed by atoms with Crippen molar-refractivity contribution in [1.29, 1.82) is 0 Å². The Hall–Kier alpha value is -1.01. The van der Waals surface area contributed by atoms with Gasteiger partial charge in [0.2, 0.25) is 0 Å². The first-order chi connectivity index (χ1) is 10.2. The molecule has 0 radical (unpaired) electrons. The molecular formula is C16H25FN2O2. The number of methoxy groups -OCH3 is 2. The first-order valence-corrected chi connectivity index (χ1v) is 7.38. The molecule has 3 unspecified atom stereocenters. The topological polar surface area (TPSA) is 33.7 Å². The first-order valence-electron chi connectivity index (χ1n) is 7.38. The van der Waals surface area contributed by atoms with E-state index in [0.29, 0.717) is 0 Å². The van der Waals surface area contributed by atoms with Crippen LogP contribution in [0.3, 0.4) is 0 Å². The molecule has 1 aromatic rings. The molecule has 5 heteroatoms. The fourth-order valence-electron chi connectivity index (χ4n) is 2.94. The smallest absolute Gasteiger partial charge is 0.123 e. The maximum absolute atomic E-state index is 13.0. The molecule has 1 aliphatic rings. The molecular weight excluding hydrogens is 271 g/mol. The Morgan fingerprint density at radius 3 is 2.24 bits per heavy atom. The highest BCUT2D eigenvalue weighted by molar-refractivity contribution is 5.19. The van der Waals surface area contributed by atoms with E-state index in [1.807, 2.05) is 19.2 Å². The first kappa shape index (κ1) is 16.4. The van der Waals surface area contributed by atoms with Gasteiger partial charge in [0.15, 0.2) is 0 Å². The number of hydrogen-bond acceptors (Lipinski definition) is 4. The third-order valence-electron chi connectivity index (χ3n) is 4.25. The predicted molar refractivity (Wildman–Crippen MR) is 80.9 cm³/mol. The van der Waals surface area contributed by atoms with Gasteiger partial charge in [-0.3, -0.25) is 4.90 Å². The van der Waals surface area contributed by atoms with E-state index >= 15 is 0 Å². The van der Waals surface area contributed by atoms with Crippen molar-refractivity contribution >= 4 is 0 Å². The molecule has 1 aliphatic heterocycles. The summed E-state index contributed by atoms with van der Waals surface area (Å²) in [4.78, 5) is 2.36. The van der Waals surface area contributed by atoms with E-state index < -0.39 is 0 Å². The van der Waals surface area contributed by atoms with Crippen molar-refractivity contribution in [3.63, 3.8) is 0 Å². The molecule has 3 atom stereocenters. The second-order valence-electron chi connectivity index (χ2n) is 5.49. The van der Waals surface area contributed by atoms with Crippen LogP contribution in [0, 0.1) is 5.82 Å². The molecule has 0 saturated carbocycles. The molecule has 0 bridgehead atoms. The van der Waals surface area contributed by atoms with Gasteiger partial charge >= 0.3 is 0 Å². The molecule has 4 nitrogen and oxygen atoms in total. The van der Waals surface area contributed by atoms with Crippen LogP contribution in [0.1, 0.15) is 18.0 Å². The standard InChI is InChI=1S/C16H25FN2O2/c1-18-14(12-4-6-13(17)7-5-12)8-9-19-10-15(20-2)16(11-19)21-3/h4-7,14-16,18H,8-11H2,1-3H3. The number of nitrogens with one attached hydrogen (secondary N) is 1. The number of benzene rings is 1. The normalized spacial score (nSPS) is 24.4. The third-order valence-corrected chi connectivity index (χ3v) is 4.25. The number of likely N-dealkylation sites (tertiary alicyclic amines) is 1. The highest BCUT2D eigenvalue weighted by atomic mass is 19.1. The summed E-state index contributed by atoms with van der Waals surface area (Å²) in [5.41, 5.74) is 1.12. The van der Waals surface area contributed by atoms with Crippen molar-refractivity contribution in [3.8, 4) is 0 Å². The summed E-state index contributed by atoms with van der Waals surface area (Å²) in [6.45, 7) is 2.76. The quantitative estimate of drug-likeness (QED) is 0.832. The Kier molecular flexibility index (Phi) is 6.11. The Morgan fingerprint density at radius 1 is 1.19 bits per heavy atom. The molecule has 1 fully saturated rings. The minimum Gasteiger partial charge on any atom is -0.377 e. The number of rotatable bonds is 7. The zero-order valence-electron chi connectivity index (χ0n) is 13.0. The third kappa shape index (κ3) is 4.23. The van der Waals surface area contributed by atoms with Gasteiger partial charge in [-0.15, -0.1) is 0 Å². The van der Waals surface area contributed by atoms with Crippen molar-refractivity contribution in [3.05, 3.63) is 35.6 Å². The van der Waals surface area contributed by atoms with Gasteiger partial charge in [0.05, 0.1) is 12.2 Å². The van der Waals surface area contributed by atoms with Gasteiger partial charge in [0.1, 0.15) is 5.82 Å². The largest absolute Gasteiger partial charge is 0.377 e. The van der Waals surface area contributed by atoms with E-state index in [-0.39, 0.29) is 24.1 Å². The lowest BCUT2D eigenvalue weighted by Crippen LogP contribution is -2.28. The number of hydrogen-bond donors (Lipinski definition) is 1. The van der Waals surface area contributed by atoms with Gasteiger partial charge in [-0.1, -0.05) is 12.1 Å². The van der Waals surface area contributed by atoms with Crippen molar-refractivity contribution in [2.24, 2.45) is 0 Å². The molecule has 0 aromatic heterocycles. The van der Waals surface area contributed by atoms with E-state index in [1.54, 1.807) is 14.2 Å². The summed E-state index contributed by atoms with van der Waals surface area (Å²) >= 11 is 0. The van der Waals surface area contributed by atoms with Crippen molar-refractivity contribution < 1.29 is 13.9 Å². The van der Waals surface area contributed by atoms with E-state index in [4.69, 9.17) is 9.47 Å². The highest BCUT2D eigenvalue weighted by Crippen LogP contribution is 2.20. The Labute approximate surface area is 126 Å². The summed E-state index contributed by atoms with van der Waals surface area (Å²) in [5, 5.41) is 3.30. The summed E-state index contributed by atoms with van der Waals surface area (Å²) in [7, 11) is 5.40. The van der Waals surface area contributed by atoms with Gasteiger partial charge < -0.3 is 14.8 Å². The molecule has 1 heterocycles. The van der Waals surface area contributed by atoms with Gasteiger partial charge in [0.25, 0.3) is 0 Å². The van der Waals surface area contributed by atoms with Gasteiger partial charge in [0, 0.05) is 39.9 Å². The zero-order chi connectivity index (χ0) is 15.2. The lowest BCUT2D eigenvalue weighted by atomic mass is 10.0.